The van der Waals surface area contributed by atoms with Crippen molar-refractivity contribution in [2.45, 2.75) is 80.7 Å². The highest BCUT2D eigenvalue weighted by atomic mass is 16.5. The number of piperidine rings is 1. The average molecular weight is 514 g/mol. The number of aromatic hydroxyl groups is 1. The van der Waals surface area contributed by atoms with Gasteiger partial charge < -0.3 is 19.8 Å². The number of phenols is 1. The number of amides is 1. The van der Waals surface area contributed by atoms with E-state index in [9.17, 15) is 20.3 Å². The molecule has 2 heterocycles. The summed E-state index contributed by atoms with van der Waals surface area (Å²) in [6.07, 6.45) is 4.27. The summed E-state index contributed by atoms with van der Waals surface area (Å²) in [7, 11) is 1.83. The number of benzene rings is 2. The monoisotopic (exact) mass is 513 g/mol. The highest BCUT2D eigenvalue weighted by Gasteiger charge is 2.74. The Kier molecular flexibility index (Phi) is 5.82. The number of ether oxygens (including phenoxy) is 1. The summed E-state index contributed by atoms with van der Waals surface area (Å²) in [5, 5.41) is 33.6. The van der Waals surface area contributed by atoms with Gasteiger partial charge in [0.05, 0.1) is 29.2 Å². The Morgan fingerprint density at radius 1 is 1.37 bits per heavy atom. The van der Waals surface area contributed by atoms with E-state index in [0.717, 1.165) is 16.7 Å². The third-order valence-electron chi connectivity index (χ3n) is 9.71. The summed E-state index contributed by atoms with van der Waals surface area (Å²) in [6, 6.07) is 13.3. The highest BCUT2D eigenvalue weighted by Crippen LogP contribution is 2.66. The lowest BCUT2D eigenvalue weighted by atomic mass is 9.47. The van der Waals surface area contributed by atoms with Crippen molar-refractivity contribution in [3.8, 4) is 17.6 Å². The van der Waals surface area contributed by atoms with Crippen molar-refractivity contribution >= 4 is 5.91 Å². The van der Waals surface area contributed by atoms with E-state index in [0.29, 0.717) is 50.8 Å². The lowest BCUT2D eigenvalue weighted by Crippen LogP contribution is -2.79. The normalized spacial score (nSPS) is 32.6. The van der Waals surface area contributed by atoms with E-state index in [1.165, 1.54) is 5.56 Å². The molecule has 1 spiro atoms. The standard InChI is InChI=1S/C31H35N3O4/c1-4-14-34-22(18-32)17-30-27-21-9-10-24(35)28(27)38-29(30)23(12-13-31(30,37)25(34)16-21)33(3)26(36)11-8-20-7-5-6-19(2)15-20/h4-7,9-10,15,22-23,25,29,35,37H,1,8,11-14,16-17H2,2-3H3/t22?,23?,25-,29?,30+,31-/m1/s1. The lowest BCUT2D eigenvalue weighted by molar-refractivity contribution is -0.205. The largest absolute Gasteiger partial charge is 0.504 e. The number of rotatable bonds is 6. The van der Waals surface area contributed by atoms with Gasteiger partial charge in [-0.25, -0.2) is 0 Å². The van der Waals surface area contributed by atoms with Crippen LogP contribution in [0.4, 0.5) is 0 Å². The van der Waals surface area contributed by atoms with E-state index >= 15 is 0 Å². The molecule has 0 aromatic heterocycles. The molecule has 1 amide bonds. The van der Waals surface area contributed by atoms with E-state index < -0.39 is 23.2 Å². The van der Waals surface area contributed by atoms with Crippen LogP contribution >= 0.6 is 0 Å². The molecule has 38 heavy (non-hydrogen) atoms. The second kappa shape index (κ2) is 8.86. The number of likely N-dealkylation sites (tertiary alicyclic amines) is 1. The second-order valence-electron chi connectivity index (χ2n) is 11.5. The number of hydrogen-bond donors (Lipinski definition) is 2. The minimum absolute atomic E-state index is 0.0237. The number of aryl methyl sites for hydroxylation is 2. The van der Waals surface area contributed by atoms with Gasteiger partial charge in [-0.3, -0.25) is 9.69 Å². The molecule has 198 valence electrons. The lowest BCUT2D eigenvalue weighted by Gasteiger charge is -2.65. The first-order valence-corrected chi connectivity index (χ1v) is 13.6. The summed E-state index contributed by atoms with van der Waals surface area (Å²) < 4.78 is 6.57. The van der Waals surface area contributed by atoms with Gasteiger partial charge in [0.15, 0.2) is 11.5 Å². The molecule has 1 saturated carbocycles. The average Bonchev–Trinajstić information content (AvgIpc) is 3.25. The molecule has 3 unspecified atom stereocenters. The number of nitrogens with zero attached hydrogens (tertiary/aromatic N) is 3. The van der Waals surface area contributed by atoms with E-state index in [2.05, 4.69) is 23.6 Å². The maximum atomic E-state index is 13.5. The van der Waals surface area contributed by atoms with Gasteiger partial charge >= 0.3 is 0 Å². The molecule has 2 aromatic rings. The number of phenolic OH excluding ortho intramolecular Hbond substituents is 1. The van der Waals surface area contributed by atoms with E-state index in [1.807, 2.05) is 38.2 Å². The maximum Gasteiger partial charge on any atom is 0.223 e. The second-order valence-corrected chi connectivity index (χ2v) is 11.5. The third kappa shape index (κ3) is 3.30. The van der Waals surface area contributed by atoms with Crippen LogP contribution in [-0.2, 0) is 23.1 Å². The minimum atomic E-state index is -1.15. The SMILES string of the molecule is C=CCN1C(C#N)C[C@]23c4c5ccc(O)c4OC2C(N(C)C(=O)CCc2cccc(C)c2)CC[C@@]3(O)[C@H]1C5. The Morgan fingerprint density at radius 3 is 2.92 bits per heavy atom. The molecule has 6 atom stereocenters. The molecule has 2 aliphatic carbocycles. The topological polar surface area (TPSA) is 97.0 Å². The fourth-order valence-corrected chi connectivity index (χ4v) is 8.04. The quantitative estimate of drug-likeness (QED) is 0.575. The van der Waals surface area contributed by atoms with Crippen molar-refractivity contribution in [3.63, 3.8) is 0 Å². The van der Waals surface area contributed by atoms with Gasteiger partial charge in [0.25, 0.3) is 0 Å². The number of likely N-dealkylation sites (N-methyl/N-ethyl adjacent to an activating group) is 1. The van der Waals surface area contributed by atoms with Crippen LogP contribution in [0, 0.1) is 18.3 Å². The maximum absolute atomic E-state index is 13.5. The Bertz CT molecular complexity index is 1350. The van der Waals surface area contributed by atoms with Gasteiger partial charge in [0, 0.05) is 31.6 Å². The van der Waals surface area contributed by atoms with Crippen LogP contribution in [0.15, 0.2) is 49.1 Å². The Balaban J connectivity index is 1.38. The summed E-state index contributed by atoms with van der Waals surface area (Å²) in [5.41, 5.74) is 2.14. The number of aliphatic hydroxyl groups is 1. The van der Waals surface area contributed by atoms with E-state index in [1.54, 1.807) is 17.0 Å². The van der Waals surface area contributed by atoms with Crippen LogP contribution in [0.1, 0.15) is 47.9 Å². The predicted octanol–water partition coefficient (Wildman–Crippen LogP) is 3.39. The van der Waals surface area contributed by atoms with Crippen molar-refractivity contribution in [3.05, 3.63) is 71.3 Å². The van der Waals surface area contributed by atoms with Crippen LogP contribution in [0.3, 0.4) is 0 Å². The van der Waals surface area contributed by atoms with E-state index in [4.69, 9.17) is 4.74 Å². The smallest absolute Gasteiger partial charge is 0.223 e. The third-order valence-corrected chi connectivity index (χ3v) is 9.71. The highest BCUT2D eigenvalue weighted by molar-refractivity contribution is 5.77. The first-order chi connectivity index (χ1) is 18.2. The zero-order chi connectivity index (χ0) is 26.8. The number of carbonyl (C=O) groups excluding carboxylic acids is 1. The molecule has 4 aliphatic rings. The molecule has 2 bridgehead atoms. The van der Waals surface area contributed by atoms with Crippen molar-refractivity contribution in [2.24, 2.45) is 0 Å². The Hall–Kier alpha value is -3.34. The van der Waals surface area contributed by atoms with Gasteiger partial charge in [-0.1, -0.05) is 42.0 Å². The van der Waals surface area contributed by atoms with Gasteiger partial charge in [-0.15, -0.1) is 6.58 Å². The molecular weight excluding hydrogens is 478 g/mol. The first kappa shape index (κ1) is 25.0. The minimum Gasteiger partial charge on any atom is -0.504 e. The molecule has 2 fully saturated rings. The van der Waals surface area contributed by atoms with Gasteiger partial charge in [-0.05, 0) is 56.2 Å². The molecule has 1 saturated heterocycles. The van der Waals surface area contributed by atoms with E-state index in [-0.39, 0.29) is 23.7 Å². The van der Waals surface area contributed by atoms with Crippen LogP contribution in [0.5, 0.6) is 11.5 Å². The first-order valence-electron chi connectivity index (χ1n) is 13.6. The fraction of sp³-hybridized carbons (Fsp3) is 0.484. The molecular formula is C31H35N3O4. The zero-order valence-corrected chi connectivity index (χ0v) is 22.1. The molecule has 0 radical (unpaired) electrons. The van der Waals surface area contributed by atoms with Gasteiger partial charge in [0.2, 0.25) is 5.91 Å². The Morgan fingerprint density at radius 2 is 2.18 bits per heavy atom. The summed E-state index contributed by atoms with van der Waals surface area (Å²) in [4.78, 5) is 17.4. The Labute approximate surface area is 223 Å². The number of hydrogen-bond acceptors (Lipinski definition) is 6. The molecule has 2 aliphatic heterocycles. The van der Waals surface area contributed by atoms with Crippen molar-refractivity contribution in [1.29, 1.82) is 5.26 Å². The molecule has 7 nitrogen and oxygen atoms in total. The summed E-state index contributed by atoms with van der Waals surface area (Å²) in [6.45, 7) is 6.45. The number of nitriles is 1. The molecule has 2 N–H and O–H groups in total. The van der Waals surface area contributed by atoms with Crippen molar-refractivity contribution in [2.75, 3.05) is 13.6 Å². The van der Waals surface area contributed by atoms with Gasteiger partial charge in [0.1, 0.15) is 6.10 Å². The van der Waals surface area contributed by atoms with Crippen LogP contribution in [0.25, 0.3) is 0 Å². The van der Waals surface area contributed by atoms with Crippen molar-refractivity contribution < 1.29 is 19.7 Å². The molecule has 6 rings (SSSR count). The van der Waals surface area contributed by atoms with Gasteiger partial charge in [-0.2, -0.15) is 5.26 Å². The summed E-state index contributed by atoms with van der Waals surface area (Å²) in [5.74, 6) is 0.476. The zero-order valence-electron chi connectivity index (χ0n) is 22.1. The molecule has 7 heteroatoms. The number of carbonyl (C=O) groups is 1. The fourth-order valence-electron chi connectivity index (χ4n) is 8.04. The molecule has 2 aromatic carbocycles. The van der Waals surface area contributed by atoms with Crippen LogP contribution < -0.4 is 4.74 Å². The predicted molar refractivity (Wildman–Crippen MR) is 143 cm³/mol. The van der Waals surface area contributed by atoms with Crippen LogP contribution in [-0.4, -0.2) is 69.3 Å². The van der Waals surface area contributed by atoms with Crippen LogP contribution in [0.2, 0.25) is 0 Å². The summed E-state index contributed by atoms with van der Waals surface area (Å²) >= 11 is 0. The van der Waals surface area contributed by atoms with Crippen molar-refractivity contribution in [1.82, 2.24) is 9.80 Å².